The van der Waals surface area contributed by atoms with Crippen molar-refractivity contribution in [1.82, 2.24) is 0 Å². The fourth-order valence-electron chi connectivity index (χ4n) is 1.52. The maximum absolute atomic E-state index is 11.3. The quantitative estimate of drug-likeness (QED) is 0.593. The molecule has 1 rings (SSSR count). The number of benzene rings is 1. The molecule has 0 heterocycles. The van der Waals surface area contributed by atoms with Gasteiger partial charge in [0.25, 0.3) is 0 Å². The lowest BCUT2D eigenvalue weighted by atomic mass is 10.2. The van der Waals surface area contributed by atoms with E-state index in [1.165, 1.54) is 19.2 Å². The third kappa shape index (κ3) is 4.70. The van der Waals surface area contributed by atoms with E-state index in [4.69, 9.17) is 4.74 Å². The Balaban J connectivity index is 2.67. The van der Waals surface area contributed by atoms with E-state index in [2.05, 4.69) is 4.74 Å². The normalized spacial score (nSPS) is 12.1. The van der Waals surface area contributed by atoms with Gasteiger partial charge in [-0.2, -0.15) is 0 Å². The van der Waals surface area contributed by atoms with Crippen molar-refractivity contribution in [2.24, 2.45) is 0 Å². The van der Waals surface area contributed by atoms with Crippen molar-refractivity contribution in [1.29, 1.82) is 0 Å². The molecule has 0 spiro atoms. The van der Waals surface area contributed by atoms with E-state index in [-0.39, 0.29) is 17.5 Å². The van der Waals surface area contributed by atoms with Crippen LogP contribution in [-0.2, 0) is 19.4 Å². The summed E-state index contributed by atoms with van der Waals surface area (Å²) >= 11 is 0. The van der Waals surface area contributed by atoms with E-state index in [0.717, 1.165) is 6.26 Å². The fourth-order valence-corrected chi connectivity index (χ4v) is 2.16. The topological polar surface area (TPSA) is 69.7 Å². The average molecular weight is 298 g/mol. The lowest BCUT2D eigenvalue weighted by Crippen LogP contribution is -2.06. The van der Waals surface area contributed by atoms with Crippen LogP contribution in [0.15, 0.2) is 40.8 Å². The molecule has 1 aromatic rings. The molecule has 6 heteroatoms. The summed E-state index contributed by atoms with van der Waals surface area (Å²) in [4.78, 5) is 11.6. The third-order valence-electron chi connectivity index (χ3n) is 2.66. The van der Waals surface area contributed by atoms with Crippen molar-refractivity contribution in [2.45, 2.75) is 18.2 Å². The summed E-state index contributed by atoms with van der Waals surface area (Å²) in [5.74, 6) is 0.164. The average Bonchev–Trinajstić information content (AvgIpc) is 2.42. The van der Waals surface area contributed by atoms with Crippen molar-refractivity contribution >= 4 is 15.8 Å². The van der Waals surface area contributed by atoms with Gasteiger partial charge < -0.3 is 9.47 Å². The largest absolute Gasteiger partial charge is 0.490 e. The molecule has 110 valence electrons. The van der Waals surface area contributed by atoms with E-state index in [1.807, 2.05) is 6.92 Å². The van der Waals surface area contributed by atoms with E-state index in [0.29, 0.717) is 17.7 Å². The number of ether oxygens (including phenoxy) is 2. The number of methoxy groups -OCH3 is 1. The van der Waals surface area contributed by atoms with Crippen LogP contribution in [0.3, 0.4) is 0 Å². The molecule has 0 amide bonds. The highest BCUT2D eigenvalue weighted by molar-refractivity contribution is 7.90. The molecular weight excluding hydrogens is 280 g/mol. The molecule has 0 aliphatic rings. The molecule has 0 saturated carbocycles. The van der Waals surface area contributed by atoms with Crippen LogP contribution in [-0.4, -0.2) is 34.4 Å². The highest BCUT2D eigenvalue weighted by Crippen LogP contribution is 2.16. The van der Waals surface area contributed by atoms with Gasteiger partial charge in [-0.3, -0.25) is 0 Å². The van der Waals surface area contributed by atoms with Crippen LogP contribution in [0.1, 0.15) is 13.3 Å². The number of carbonyl (C=O) groups excluding carboxylic acids is 1. The molecule has 0 saturated heterocycles. The summed E-state index contributed by atoms with van der Waals surface area (Å²) in [6.45, 7) is 2.07. The third-order valence-corrected chi connectivity index (χ3v) is 3.79. The second-order valence-corrected chi connectivity index (χ2v) is 6.14. The summed E-state index contributed by atoms with van der Waals surface area (Å²) < 4.78 is 32.6. The highest BCUT2D eigenvalue weighted by Gasteiger charge is 2.07. The highest BCUT2D eigenvalue weighted by atomic mass is 32.2. The molecule has 5 nitrogen and oxygen atoms in total. The first kappa shape index (κ1) is 16.2. The van der Waals surface area contributed by atoms with Gasteiger partial charge in [0.15, 0.2) is 9.84 Å². The van der Waals surface area contributed by atoms with Crippen molar-refractivity contribution in [3.05, 3.63) is 35.9 Å². The first-order chi connectivity index (χ1) is 9.38. The van der Waals surface area contributed by atoms with Gasteiger partial charge in [0.05, 0.1) is 12.0 Å². The van der Waals surface area contributed by atoms with Gasteiger partial charge in [-0.25, -0.2) is 13.2 Å². The summed E-state index contributed by atoms with van der Waals surface area (Å²) in [6, 6.07) is 6.12. The lowest BCUT2D eigenvalue weighted by Gasteiger charge is -2.06. The Labute approximate surface area is 119 Å². The zero-order chi connectivity index (χ0) is 15.2. The number of rotatable bonds is 6. The Bertz CT molecular complexity index is 584. The Morgan fingerprint density at radius 1 is 1.25 bits per heavy atom. The van der Waals surface area contributed by atoms with E-state index >= 15 is 0 Å². The molecule has 0 aromatic heterocycles. The molecule has 20 heavy (non-hydrogen) atoms. The summed E-state index contributed by atoms with van der Waals surface area (Å²) in [5.41, 5.74) is 0.542. The second-order valence-electron chi connectivity index (χ2n) is 4.13. The van der Waals surface area contributed by atoms with Crippen molar-refractivity contribution in [2.75, 3.05) is 20.0 Å². The molecule has 0 N–H and O–H groups in total. The number of esters is 1. The monoisotopic (exact) mass is 298 g/mol. The molecule has 0 bridgehead atoms. The van der Waals surface area contributed by atoms with Crippen molar-refractivity contribution in [3.63, 3.8) is 0 Å². The molecular formula is C14H18O5S. The number of carbonyl (C=O) groups is 1. The van der Waals surface area contributed by atoms with E-state index in [9.17, 15) is 13.2 Å². The number of sulfone groups is 1. The zero-order valence-electron chi connectivity index (χ0n) is 11.8. The summed E-state index contributed by atoms with van der Waals surface area (Å²) in [5, 5.41) is 0. The molecule has 1 aromatic carbocycles. The Morgan fingerprint density at radius 2 is 1.85 bits per heavy atom. The second kappa shape index (κ2) is 7.09. The molecule has 0 fully saturated rings. The smallest absolute Gasteiger partial charge is 0.333 e. The number of hydrogen-bond donors (Lipinski definition) is 0. The molecule has 0 atom stereocenters. The Hall–Kier alpha value is -1.82. The van der Waals surface area contributed by atoms with Crippen LogP contribution < -0.4 is 4.74 Å². The molecule has 0 unspecified atom stereocenters. The van der Waals surface area contributed by atoms with E-state index in [1.54, 1.807) is 18.2 Å². The van der Waals surface area contributed by atoms with Gasteiger partial charge in [0, 0.05) is 11.8 Å². The van der Waals surface area contributed by atoms with Gasteiger partial charge in [-0.15, -0.1) is 0 Å². The number of hydrogen-bond acceptors (Lipinski definition) is 5. The maximum atomic E-state index is 11.3. The molecule has 0 radical (unpaired) electrons. The first-order valence-electron chi connectivity index (χ1n) is 6.08. The summed E-state index contributed by atoms with van der Waals surface area (Å²) in [7, 11) is -1.87. The van der Waals surface area contributed by atoms with Crippen LogP contribution >= 0.6 is 0 Å². The Kier molecular flexibility index (Phi) is 5.76. The standard InChI is InChI=1S/C14H18O5S/c1-4-11(14(15)18-2)9-10-19-12-5-7-13(8-6-12)20(3,16)17/h5-9H,4,10H2,1-3H3. The lowest BCUT2D eigenvalue weighted by molar-refractivity contribution is -0.136. The summed E-state index contributed by atoms with van der Waals surface area (Å²) in [6.07, 6.45) is 3.36. The zero-order valence-corrected chi connectivity index (χ0v) is 12.6. The van der Waals surface area contributed by atoms with Gasteiger partial charge >= 0.3 is 5.97 Å². The Morgan fingerprint density at radius 3 is 2.30 bits per heavy atom. The van der Waals surface area contributed by atoms with Crippen LogP contribution in [0.5, 0.6) is 5.75 Å². The van der Waals surface area contributed by atoms with Crippen LogP contribution in [0.4, 0.5) is 0 Å². The van der Waals surface area contributed by atoms with E-state index < -0.39 is 9.84 Å². The van der Waals surface area contributed by atoms with Crippen molar-refractivity contribution < 1.29 is 22.7 Å². The van der Waals surface area contributed by atoms with Gasteiger partial charge in [-0.1, -0.05) is 6.92 Å². The minimum absolute atomic E-state index is 0.219. The predicted molar refractivity (Wildman–Crippen MR) is 75.4 cm³/mol. The van der Waals surface area contributed by atoms with Gasteiger partial charge in [0.1, 0.15) is 12.4 Å². The van der Waals surface area contributed by atoms with Crippen LogP contribution in [0, 0.1) is 0 Å². The molecule has 0 aliphatic carbocycles. The SMILES string of the molecule is CCC(=CCOc1ccc(S(C)(=O)=O)cc1)C(=O)OC. The first-order valence-corrected chi connectivity index (χ1v) is 7.98. The minimum Gasteiger partial charge on any atom is -0.490 e. The van der Waals surface area contributed by atoms with Crippen molar-refractivity contribution in [3.8, 4) is 5.75 Å². The van der Waals surface area contributed by atoms with Gasteiger partial charge in [-0.05, 0) is 36.8 Å². The predicted octanol–water partition coefficient (Wildman–Crippen LogP) is 1.98. The van der Waals surface area contributed by atoms with Gasteiger partial charge in [0.2, 0.25) is 0 Å². The molecule has 0 aliphatic heterocycles. The minimum atomic E-state index is -3.20. The maximum Gasteiger partial charge on any atom is 0.333 e. The van der Waals surface area contributed by atoms with Crippen LogP contribution in [0.2, 0.25) is 0 Å². The van der Waals surface area contributed by atoms with Crippen LogP contribution in [0.25, 0.3) is 0 Å². The fraction of sp³-hybridized carbons (Fsp3) is 0.357.